The Morgan fingerprint density at radius 3 is 1.17 bits per heavy atom. The third-order valence-corrected chi connectivity index (χ3v) is 5.90. The minimum absolute atomic E-state index is 1.14. The Balaban J connectivity index is 0. The van der Waals surface area contributed by atoms with Gasteiger partial charge in [-0.2, -0.15) is 0 Å². The molecule has 1 aliphatic heterocycles. The van der Waals surface area contributed by atoms with Gasteiger partial charge in [0.2, 0.25) is 0 Å². The van der Waals surface area contributed by atoms with E-state index < -0.39 is 32.0 Å². The molecule has 0 aliphatic carbocycles. The van der Waals surface area contributed by atoms with Crippen molar-refractivity contribution in [3.8, 4) is 0 Å². The summed E-state index contributed by atoms with van der Waals surface area (Å²) in [6, 6.07) is 0. The first kappa shape index (κ1) is 26.5. The SMILES string of the molecule is C1CNCCN1.CNP(=O)(O)O[P+](=O)O.CNP(=O)(O)O[P+](=O)O. The van der Waals surface area contributed by atoms with Gasteiger partial charge in [0.1, 0.15) is 0 Å². The van der Waals surface area contributed by atoms with E-state index in [0.29, 0.717) is 0 Å². The summed E-state index contributed by atoms with van der Waals surface area (Å²) in [6.45, 7) is 4.56. The zero-order valence-electron chi connectivity index (χ0n) is 12.9. The van der Waals surface area contributed by atoms with Gasteiger partial charge >= 0.3 is 32.0 Å². The lowest BCUT2D eigenvalue weighted by atomic mass is 10.4. The molecule has 1 fully saturated rings. The molecule has 24 heavy (non-hydrogen) atoms. The predicted octanol–water partition coefficient (Wildman–Crippen LogP) is -0.876. The first-order chi connectivity index (χ1) is 11.0. The van der Waals surface area contributed by atoms with Crippen LogP contribution in [0.2, 0.25) is 0 Å². The monoisotopic (exact) mass is 434 g/mol. The van der Waals surface area contributed by atoms with Gasteiger partial charge in [0, 0.05) is 35.3 Å². The molecule has 0 saturated carbocycles. The highest BCUT2D eigenvalue weighted by Crippen LogP contribution is 2.45. The fourth-order valence-electron chi connectivity index (χ4n) is 0.875. The van der Waals surface area contributed by atoms with Crippen LogP contribution in [0.4, 0.5) is 0 Å². The van der Waals surface area contributed by atoms with Crippen molar-refractivity contribution in [1.29, 1.82) is 0 Å². The normalized spacial score (nSPS) is 20.1. The van der Waals surface area contributed by atoms with Gasteiger partial charge in [-0.25, -0.2) is 19.3 Å². The highest BCUT2D eigenvalue weighted by atomic mass is 31.2. The van der Waals surface area contributed by atoms with Crippen LogP contribution in [0.25, 0.3) is 0 Å². The van der Waals surface area contributed by atoms with Crippen molar-refractivity contribution in [1.82, 2.24) is 20.8 Å². The van der Waals surface area contributed by atoms with E-state index in [9.17, 15) is 18.3 Å². The summed E-state index contributed by atoms with van der Waals surface area (Å²) in [5, 5.41) is 10.1. The van der Waals surface area contributed by atoms with Crippen molar-refractivity contribution >= 4 is 32.0 Å². The smallest absolute Gasteiger partial charge is 0.314 e. The van der Waals surface area contributed by atoms with Gasteiger partial charge in [0.25, 0.3) is 0 Å². The second-order valence-electron chi connectivity index (χ2n) is 3.63. The van der Waals surface area contributed by atoms with Crippen LogP contribution in [0.15, 0.2) is 0 Å². The van der Waals surface area contributed by atoms with E-state index in [1.54, 1.807) is 0 Å². The molecule has 0 radical (unpaired) electrons. The van der Waals surface area contributed by atoms with Gasteiger partial charge in [0.15, 0.2) is 0 Å². The Hall–Kier alpha value is 0.260. The molecule has 4 atom stereocenters. The van der Waals surface area contributed by atoms with Gasteiger partial charge in [-0.1, -0.05) is 0 Å². The summed E-state index contributed by atoms with van der Waals surface area (Å²) in [6.07, 6.45) is 0. The second kappa shape index (κ2) is 14.4. The van der Waals surface area contributed by atoms with E-state index in [2.05, 4.69) is 19.3 Å². The van der Waals surface area contributed by atoms with Crippen LogP contribution in [-0.4, -0.2) is 59.8 Å². The summed E-state index contributed by atoms with van der Waals surface area (Å²) < 4.78 is 47.3. The Morgan fingerprint density at radius 1 is 0.833 bits per heavy atom. The van der Waals surface area contributed by atoms with Crippen LogP contribution in [0.3, 0.4) is 0 Å². The maximum Gasteiger partial charge on any atom is 0.704 e. The summed E-state index contributed by atoms with van der Waals surface area (Å²) in [4.78, 5) is 32.6. The highest BCUT2D eigenvalue weighted by Gasteiger charge is 2.31. The van der Waals surface area contributed by atoms with Gasteiger partial charge in [-0.15, -0.1) is 9.79 Å². The fourth-order valence-corrected chi connectivity index (χ4v) is 3.04. The molecule has 0 bridgehead atoms. The molecular formula is C6H22N4O10P4+2. The Morgan fingerprint density at radius 2 is 1.08 bits per heavy atom. The zero-order valence-corrected chi connectivity index (χ0v) is 16.4. The number of rotatable bonds is 6. The molecule has 0 amide bonds. The first-order valence-corrected chi connectivity index (χ1v) is 11.5. The molecule has 0 aromatic heterocycles. The number of hydrogen-bond acceptors (Lipinski definition) is 8. The summed E-state index contributed by atoms with van der Waals surface area (Å²) in [5.74, 6) is 0. The maximum absolute atomic E-state index is 10.3. The van der Waals surface area contributed by atoms with Gasteiger partial charge in [0.05, 0.1) is 0 Å². The van der Waals surface area contributed by atoms with Crippen molar-refractivity contribution in [3.05, 3.63) is 0 Å². The average Bonchev–Trinajstić information content (AvgIpc) is 2.48. The third kappa shape index (κ3) is 20.3. The van der Waals surface area contributed by atoms with Crippen LogP contribution in [0.5, 0.6) is 0 Å². The predicted molar refractivity (Wildman–Crippen MR) is 85.3 cm³/mol. The molecular weight excluding hydrogens is 412 g/mol. The Bertz CT molecular complexity index is 427. The second-order valence-corrected chi connectivity index (χ2v) is 8.86. The minimum atomic E-state index is -4.01. The molecule has 4 unspecified atom stereocenters. The Labute approximate surface area is 140 Å². The van der Waals surface area contributed by atoms with E-state index in [1.165, 1.54) is 0 Å². The lowest BCUT2D eigenvalue weighted by Gasteiger charge is -2.11. The summed E-state index contributed by atoms with van der Waals surface area (Å²) >= 11 is 0. The summed E-state index contributed by atoms with van der Waals surface area (Å²) in [7, 11) is -11.8. The molecule has 8 N–H and O–H groups in total. The van der Waals surface area contributed by atoms with Gasteiger partial charge in [-0.3, -0.25) is 0 Å². The largest absolute Gasteiger partial charge is 0.704 e. The topological polar surface area (TPSA) is 216 Å². The van der Waals surface area contributed by atoms with E-state index in [1.807, 2.05) is 10.2 Å². The lowest BCUT2D eigenvalue weighted by molar-refractivity contribution is 0.339. The standard InChI is InChI=1S/C4H10N2.2CH5NO5P2/c1-2-6-4-3-5-1;2*1-2-9(5,6)7-8(3)4/h5-6H,1-4H2;2*1H3,(H2-,2,3,4,5,6)/p+2. The van der Waals surface area contributed by atoms with Crippen molar-refractivity contribution in [2.75, 3.05) is 40.3 Å². The summed E-state index contributed by atoms with van der Waals surface area (Å²) in [5.41, 5.74) is 0. The Kier molecular flexibility index (Phi) is 15.9. The van der Waals surface area contributed by atoms with Crippen molar-refractivity contribution < 1.29 is 46.5 Å². The average molecular weight is 434 g/mol. The van der Waals surface area contributed by atoms with E-state index in [0.717, 1.165) is 40.3 Å². The molecule has 1 aliphatic rings. The first-order valence-electron chi connectivity index (χ1n) is 6.12. The highest BCUT2D eigenvalue weighted by molar-refractivity contribution is 7.58. The molecule has 14 nitrogen and oxygen atoms in total. The lowest BCUT2D eigenvalue weighted by Crippen LogP contribution is -2.39. The van der Waals surface area contributed by atoms with Gasteiger partial charge in [-0.05, 0) is 22.7 Å². The zero-order chi connectivity index (χ0) is 19.2. The van der Waals surface area contributed by atoms with E-state index >= 15 is 0 Å². The quantitative estimate of drug-likeness (QED) is 0.238. The van der Waals surface area contributed by atoms with Crippen LogP contribution in [0, 0.1) is 0 Å². The number of hydrogen-bond donors (Lipinski definition) is 8. The minimum Gasteiger partial charge on any atom is -0.314 e. The fraction of sp³-hybridized carbons (Fsp3) is 1.00. The molecule has 1 saturated heterocycles. The van der Waals surface area contributed by atoms with Crippen LogP contribution in [-0.2, 0) is 26.9 Å². The molecule has 144 valence electrons. The molecule has 18 heteroatoms. The van der Waals surface area contributed by atoms with Crippen LogP contribution in [0.1, 0.15) is 0 Å². The van der Waals surface area contributed by atoms with Crippen molar-refractivity contribution in [2.45, 2.75) is 0 Å². The maximum atomic E-state index is 10.3. The van der Waals surface area contributed by atoms with Crippen molar-refractivity contribution in [2.24, 2.45) is 0 Å². The molecule has 1 heterocycles. The molecule has 0 spiro atoms. The molecule has 0 aromatic rings. The van der Waals surface area contributed by atoms with Crippen LogP contribution >= 0.6 is 32.0 Å². The van der Waals surface area contributed by atoms with Gasteiger partial charge < -0.3 is 20.4 Å². The molecule has 0 aromatic carbocycles. The van der Waals surface area contributed by atoms with Crippen molar-refractivity contribution in [3.63, 3.8) is 0 Å². The number of piperazine rings is 1. The number of nitrogens with one attached hydrogen (secondary N) is 4. The molecule has 1 rings (SSSR count). The van der Waals surface area contributed by atoms with E-state index in [-0.39, 0.29) is 0 Å². The van der Waals surface area contributed by atoms with Crippen LogP contribution < -0.4 is 20.8 Å². The van der Waals surface area contributed by atoms with E-state index in [4.69, 9.17) is 19.6 Å². The third-order valence-electron chi connectivity index (χ3n) is 1.88.